The predicted octanol–water partition coefficient (Wildman–Crippen LogP) is 2.80. The maximum atomic E-state index is 13.3. The molecular weight excluding hydrogens is 228 g/mol. The predicted molar refractivity (Wildman–Crippen MR) is 50.2 cm³/mol. The molecule has 3 nitrogen and oxygen atoms in total. The number of hydrogen-bond acceptors (Lipinski definition) is 1. The number of hydrogen-bond donors (Lipinski definition) is 2. The molecule has 6 heteroatoms. The molecule has 0 spiro atoms. The first-order valence-electron chi connectivity index (χ1n) is 3.90. The van der Waals surface area contributed by atoms with Gasteiger partial charge < -0.3 is 10.1 Å². The minimum Gasteiger partial charge on any atom is -0.477 e. The van der Waals surface area contributed by atoms with Gasteiger partial charge in [-0.1, -0.05) is 11.6 Å². The van der Waals surface area contributed by atoms with E-state index >= 15 is 0 Å². The summed E-state index contributed by atoms with van der Waals surface area (Å²) in [4.78, 5) is 12.9. The lowest BCUT2D eigenvalue weighted by Gasteiger charge is -1.97. The highest BCUT2D eigenvalue weighted by Crippen LogP contribution is 2.27. The molecule has 0 atom stereocenters. The quantitative estimate of drug-likeness (QED) is 0.742. The average Bonchev–Trinajstić information content (AvgIpc) is 2.58. The molecule has 1 aromatic carbocycles. The summed E-state index contributed by atoms with van der Waals surface area (Å²) in [7, 11) is 0. The molecule has 0 aliphatic carbocycles. The third kappa shape index (κ3) is 1.45. The molecule has 0 unspecified atom stereocenters. The van der Waals surface area contributed by atoms with Crippen LogP contribution in [0, 0.1) is 11.6 Å². The highest BCUT2D eigenvalue weighted by molar-refractivity contribution is 6.31. The van der Waals surface area contributed by atoms with Crippen LogP contribution >= 0.6 is 11.6 Å². The summed E-state index contributed by atoms with van der Waals surface area (Å²) in [6.07, 6.45) is 0. The molecule has 1 heterocycles. The second kappa shape index (κ2) is 3.20. The van der Waals surface area contributed by atoms with E-state index in [0.29, 0.717) is 0 Å². The summed E-state index contributed by atoms with van der Waals surface area (Å²) in [5.74, 6) is -3.15. The minimum absolute atomic E-state index is 0.112. The van der Waals surface area contributed by atoms with Gasteiger partial charge in [0.25, 0.3) is 0 Å². The van der Waals surface area contributed by atoms with E-state index in [0.717, 1.165) is 12.1 Å². The number of aromatic carboxylic acids is 1. The standard InChI is InChI=1S/C9H4ClF2NO2/c10-6-4(11)1-3-2-5(9(14)15)13-8(3)7(6)12/h1-2,13H,(H,14,15). The van der Waals surface area contributed by atoms with E-state index in [1.807, 2.05) is 0 Å². The van der Waals surface area contributed by atoms with E-state index in [-0.39, 0.29) is 16.6 Å². The Balaban J connectivity index is 2.82. The van der Waals surface area contributed by atoms with Crippen LogP contribution in [0.25, 0.3) is 10.9 Å². The van der Waals surface area contributed by atoms with Crippen molar-refractivity contribution in [2.24, 2.45) is 0 Å². The molecule has 0 radical (unpaired) electrons. The van der Waals surface area contributed by atoms with Crippen LogP contribution in [0.3, 0.4) is 0 Å². The van der Waals surface area contributed by atoms with E-state index in [1.54, 1.807) is 0 Å². The lowest BCUT2D eigenvalue weighted by molar-refractivity contribution is 0.0691. The van der Waals surface area contributed by atoms with E-state index in [1.165, 1.54) is 0 Å². The van der Waals surface area contributed by atoms with Crippen LogP contribution in [0.1, 0.15) is 10.5 Å². The van der Waals surface area contributed by atoms with Gasteiger partial charge in [0, 0.05) is 5.39 Å². The van der Waals surface area contributed by atoms with E-state index in [4.69, 9.17) is 16.7 Å². The summed E-state index contributed by atoms with van der Waals surface area (Å²) < 4.78 is 26.3. The van der Waals surface area contributed by atoms with Crippen molar-refractivity contribution in [2.75, 3.05) is 0 Å². The summed E-state index contributed by atoms with van der Waals surface area (Å²) in [6.45, 7) is 0. The number of nitrogens with one attached hydrogen (secondary N) is 1. The van der Waals surface area contributed by atoms with Gasteiger partial charge in [0.1, 0.15) is 16.5 Å². The fraction of sp³-hybridized carbons (Fsp3) is 0. The molecule has 0 bridgehead atoms. The van der Waals surface area contributed by atoms with Crippen molar-refractivity contribution in [1.29, 1.82) is 0 Å². The lowest BCUT2D eigenvalue weighted by atomic mass is 10.2. The molecule has 0 fully saturated rings. The minimum atomic E-state index is -1.25. The Kier molecular flexibility index (Phi) is 2.12. The number of rotatable bonds is 1. The maximum Gasteiger partial charge on any atom is 0.352 e. The van der Waals surface area contributed by atoms with Crippen LogP contribution in [0.5, 0.6) is 0 Å². The van der Waals surface area contributed by atoms with Crippen LogP contribution in [0.15, 0.2) is 12.1 Å². The Morgan fingerprint density at radius 1 is 1.40 bits per heavy atom. The Labute approximate surface area is 87.3 Å². The number of halogens is 3. The van der Waals surface area contributed by atoms with Crippen molar-refractivity contribution in [2.45, 2.75) is 0 Å². The number of H-pyrrole nitrogens is 1. The van der Waals surface area contributed by atoms with Gasteiger partial charge in [-0.2, -0.15) is 0 Å². The van der Waals surface area contributed by atoms with Crippen LogP contribution in [0.4, 0.5) is 8.78 Å². The van der Waals surface area contributed by atoms with E-state index < -0.39 is 22.6 Å². The van der Waals surface area contributed by atoms with Crippen LogP contribution in [-0.2, 0) is 0 Å². The molecule has 15 heavy (non-hydrogen) atoms. The Morgan fingerprint density at radius 2 is 2.07 bits per heavy atom. The summed E-state index contributed by atoms with van der Waals surface area (Å²) in [5.41, 5.74) is -0.329. The van der Waals surface area contributed by atoms with Gasteiger partial charge in [-0.3, -0.25) is 0 Å². The third-order valence-corrected chi connectivity index (χ3v) is 2.33. The van der Waals surface area contributed by atoms with Crippen molar-refractivity contribution >= 4 is 28.5 Å². The molecule has 0 aliphatic rings. The van der Waals surface area contributed by atoms with Gasteiger partial charge in [-0.05, 0) is 12.1 Å². The first-order chi connectivity index (χ1) is 7.00. The second-order valence-electron chi connectivity index (χ2n) is 2.94. The molecule has 2 aromatic rings. The Hall–Kier alpha value is -1.62. The Bertz CT molecular complexity index is 565. The number of carboxylic acids is 1. The van der Waals surface area contributed by atoms with Gasteiger partial charge >= 0.3 is 5.97 Å². The molecule has 0 aliphatic heterocycles. The van der Waals surface area contributed by atoms with Gasteiger partial charge in [-0.25, -0.2) is 13.6 Å². The fourth-order valence-electron chi connectivity index (χ4n) is 1.30. The first-order valence-corrected chi connectivity index (χ1v) is 4.28. The number of aromatic amines is 1. The van der Waals surface area contributed by atoms with E-state index in [9.17, 15) is 13.6 Å². The highest BCUT2D eigenvalue weighted by Gasteiger charge is 2.16. The van der Waals surface area contributed by atoms with Crippen LogP contribution < -0.4 is 0 Å². The number of carbonyl (C=O) groups is 1. The summed E-state index contributed by atoms with van der Waals surface area (Å²) in [5, 5.41) is 8.11. The number of aromatic nitrogens is 1. The van der Waals surface area contributed by atoms with E-state index in [2.05, 4.69) is 4.98 Å². The number of fused-ring (bicyclic) bond motifs is 1. The van der Waals surface area contributed by atoms with Crippen molar-refractivity contribution in [3.8, 4) is 0 Å². The smallest absolute Gasteiger partial charge is 0.352 e. The molecular formula is C9H4ClF2NO2. The summed E-state index contributed by atoms with van der Waals surface area (Å²) in [6, 6.07) is 2.11. The van der Waals surface area contributed by atoms with Gasteiger partial charge in [0.15, 0.2) is 5.82 Å². The van der Waals surface area contributed by atoms with Crippen LogP contribution in [0.2, 0.25) is 5.02 Å². The molecule has 0 saturated heterocycles. The van der Waals surface area contributed by atoms with Gasteiger partial charge in [-0.15, -0.1) is 0 Å². The highest BCUT2D eigenvalue weighted by atomic mass is 35.5. The van der Waals surface area contributed by atoms with Gasteiger partial charge in [0.2, 0.25) is 0 Å². The van der Waals surface area contributed by atoms with Gasteiger partial charge in [0.05, 0.1) is 5.52 Å². The largest absolute Gasteiger partial charge is 0.477 e. The lowest BCUT2D eigenvalue weighted by Crippen LogP contribution is -1.95. The molecule has 2 N–H and O–H groups in total. The maximum absolute atomic E-state index is 13.3. The third-order valence-electron chi connectivity index (χ3n) is 1.98. The van der Waals surface area contributed by atoms with Crippen molar-refractivity contribution < 1.29 is 18.7 Å². The topological polar surface area (TPSA) is 53.1 Å². The SMILES string of the molecule is O=C(O)c1cc2cc(F)c(Cl)c(F)c2[nH]1. The zero-order valence-corrected chi connectivity index (χ0v) is 7.90. The first kappa shape index (κ1) is 9.92. The van der Waals surface area contributed by atoms with Crippen LogP contribution in [-0.4, -0.2) is 16.1 Å². The summed E-state index contributed by atoms with van der Waals surface area (Å²) >= 11 is 5.33. The number of benzene rings is 1. The molecule has 2 rings (SSSR count). The normalized spacial score (nSPS) is 10.9. The zero-order valence-electron chi connectivity index (χ0n) is 7.14. The Morgan fingerprint density at radius 3 is 2.67 bits per heavy atom. The molecule has 0 saturated carbocycles. The van der Waals surface area contributed by atoms with Crippen molar-refractivity contribution in [3.05, 3.63) is 34.5 Å². The van der Waals surface area contributed by atoms with Crippen molar-refractivity contribution in [3.63, 3.8) is 0 Å². The molecule has 78 valence electrons. The fourth-order valence-corrected chi connectivity index (χ4v) is 1.44. The molecule has 0 amide bonds. The number of carboxylic acid groups (broad SMARTS) is 1. The average molecular weight is 232 g/mol. The monoisotopic (exact) mass is 231 g/mol. The van der Waals surface area contributed by atoms with Crippen molar-refractivity contribution in [1.82, 2.24) is 4.98 Å². The molecule has 1 aromatic heterocycles. The zero-order chi connectivity index (χ0) is 11.2. The second-order valence-corrected chi connectivity index (χ2v) is 3.32.